The minimum atomic E-state index is -0.111. The number of amides is 1. The van der Waals surface area contributed by atoms with Crippen molar-refractivity contribution < 1.29 is 9.53 Å². The Morgan fingerprint density at radius 3 is 2.41 bits per heavy atom. The number of benzene rings is 2. The molecule has 0 aromatic heterocycles. The number of para-hydroxylation sites is 1. The van der Waals surface area contributed by atoms with Crippen molar-refractivity contribution in [2.24, 2.45) is 4.99 Å². The molecule has 146 valence electrons. The number of hydrogen-bond donors (Lipinski definition) is 3. The molecule has 7 heteroatoms. The summed E-state index contributed by atoms with van der Waals surface area (Å²) in [4.78, 5) is 16.5. The third-order valence-electron chi connectivity index (χ3n) is 3.62. The predicted octanol–water partition coefficient (Wildman–Crippen LogP) is 2.93. The first-order chi connectivity index (χ1) is 12.7. The van der Waals surface area contributed by atoms with Crippen LogP contribution in [-0.4, -0.2) is 38.7 Å². The predicted molar refractivity (Wildman–Crippen MR) is 121 cm³/mol. The van der Waals surface area contributed by atoms with Gasteiger partial charge in [-0.2, -0.15) is 0 Å². The summed E-state index contributed by atoms with van der Waals surface area (Å²) in [6, 6.07) is 18.0. The molecule has 1 amide bonds. The first-order valence-corrected chi connectivity index (χ1v) is 8.59. The van der Waals surface area contributed by atoms with E-state index in [9.17, 15) is 4.79 Å². The standard InChI is InChI=1S/C20H26N4O2.HI/c1-16-8-10-17(11-9-16)14-22-20(24-18-6-4-3-5-7-18)23-15-19(25)21-12-13-26-2;/h3-11H,12-15H2,1-2H3,(H,21,25)(H2,22,23,24);1H. The molecule has 0 heterocycles. The molecule has 2 rings (SSSR count). The topological polar surface area (TPSA) is 74.8 Å². The molecule has 0 aliphatic carbocycles. The summed E-state index contributed by atoms with van der Waals surface area (Å²) in [5.41, 5.74) is 3.22. The van der Waals surface area contributed by atoms with E-state index in [-0.39, 0.29) is 36.4 Å². The smallest absolute Gasteiger partial charge is 0.239 e. The van der Waals surface area contributed by atoms with Crippen molar-refractivity contribution in [3.8, 4) is 0 Å². The van der Waals surface area contributed by atoms with Crippen LogP contribution in [0.25, 0.3) is 0 Å². The van der Waals surface area contributed by atoms with Crippen LogP contribution in [0.1, 0.15) is 11.1 Å². The summed E-state index contributed by atoms with van der Waals surface area (Å²) in [6.07, 6.45) is 0. The van der Waals surface area contributed by atoms with E-state index in [1.807, 2.05) is 30.3 Å². The third-order valence-corrected chi connectivity index (χ3v) is 3.62. The van der Waals surface area contributed by atoms with Gasteiger partial charge in [0.15, 0.2) is 5.96 Å². The fourth-order valence-electron chi connectivity index (χ4n) is 2.18. The number of halogens is 1. The Labute approximate surface area is 177 Å². The van der Waals surface area contributed by atoms with E-state index in [4.69, 9.17) is 4.74 Å². The molecule has 0 aliphatic heterocycles. The summed E-state index contributed by atoms with van der Waals surface area (Å²) < 4.78 is 4.92. The molecule has 0 spiro atoms. The quantitative estimate of drug-likeness (QED) is 0.234. The van der Waals surface area contributed by atoms with E-state index in [1.165, 1.54) is 5.56 Å². The van der Waals surface area contributed by atoms with Crippen LogP contribution in [0.2, 0.25) is 0 Å². The van der Waals surface area contributed by atoms with Gasteiger partial charge in [-0.15, -0.1) is 24.0 Å². The highest BCUT2D eigenvalue weighted by molar-refractivity contribution is 14.0. The molecular weight excluding hydrogens is 455 g/mol. The average Bonchev–Trinajstić information content (AvgIpc) is 2.66. The lowest BCUT2D eigenvalue weighted by atomic mass is 10.1. The fourth-order valence-corrected chi connectivity index (χ4v) is 2.18. The molecule has 0 unspecified atom stereocenters. The van der Waals surface area contributed by atoms with Gasteiger partial charge < -0.3 is 20.7 Å². The molecule has 27 heavy (non-hydrogen) atoms. The first-order valence-electron chi connectivity index (χ1n) is 8.59. The lowest BCUT2D eigenvalue weighted by Crippen LogP contribution is -2.40. The minimum absolute atomic E-state index is 0. The number of ether oxygens (including phenoxy) is 1. The van der Waals surface area contributed by atoms with Gasteiger partial charge in [-0.05, 0) is 24.6 Å². The number of nitrogens with zero attached hydrogens (tertiary/aromatic N) is 1. The van der Waals surface area contributed by atoms with Gasteiger partial charge >= 0.3 is 0 Å². The maximum atomic E-state index is 11.9. The molecule has 0 atom stereocenters. The van der Waals surface area contributed by atoms with Crippen LogP contribution >= 0.6 is 24.0 Å². The van der Waals surface area contributed by atoms with Crippen LogP contribution in [0, 0.1) is 6.92 Å². The Morgan fingerprint density at radius 2 is 1.74 bits per heavy atom. The van der Waals surface area contributed by atoms with Crippen LogP contribution in [0.3, 0.4) is 0 Å². The number of aliphatic imine (C=N–C) groups is 1. The highest BCUT2D eigenvalue weighted by atomic mass is 127. The van der Waals surface area contributed by atoms with Gasteiger partial charge in [-0.25, -0.2) is 4.99 Å². The Bertz CT molecular complexity index is 706. The summed E-state index contributed by atoms with van der Waals surface area (Å²) in [6.45, 7) is 3.69. The van der Waals surface area contributed by atoms with Gasteiger partial charge in [0.05, 0.1) is 19.7 Å². The largest absolute Gasteiger partial charge is 0.383 e. The van der Waals surface area contributed by atoms with E-state index in [0.29, 0.717) is 25.7 Å². The van der Waals surface area contributed by atoms with Gasteiger partial charge in [0.1, 0.15) is 0 Å². The summed E-state index contributed by atoms with van der Waals surface area (Å²) >= 11 is 0. The maximum absolute atomic E-state index is 11.9. The van der Waals surface area contributed by atoms with E-state index >= 15 is 0 Å². The zero-order valence-corrected chi connectivity index (χ0v) is 18.0. The molecule has 0 radical (unpaired) electrons. The van der Waals surface area contributed by atoms with Gasteiger partial charge in [0.25, 0.3) is 0 Å². The van der Waals surface area contributed by atoms with E-state index in [1.54, 1.807) is 7.11 Å². The zero-order valence-electron chi connectivity index (χ0n) is 15.7. The molecule has 2 aromatic carbocycles. The van der Waals surface area contributed by atoms with Crippen molar-refractivity contribution >= 4 is 41.5 Å². The van der Waals surface area contributed by atoms with Gasteiger partial charge in [0, 0.05) is 19.3 Å². The molecular formula is C20H27IN4O2. The maximum Gasteiger partial charge on any atom is 0.239 e. The molecule has 0 saturated carbocycles. The van der Waals surface area contributed by atoms with E-state index in [0.717, 1.165) is 11.3 Å². The van der Waals surface area contributed by atoms with Crippen molar-refractivity contribution in [3.63, 3.8) is 0 Å². The second-order valence-electron chi connectivity index (χ2n) is 5.84. The second-order valence-corrected chi connectivity index (χ2v) is 5.84. The van der Waals surface area contributed by atoms with Crippen LogP contribution in [-0.2, 0) is 16.1 Å². The molecule has 0 bridgehead atoms. The number of carbonyl (C=O) groups excluding carboxylic acids is 1. The zero-order chi connectivity index (χ0) is 18.6. The summed E-state index contributed by atoms with van der Waals surface area (Å²) in [5, 5.41) is 9.05. The van der Waals surface area contributed by atoms with E-state index < -0.39 is 0 Å². The summed E-state index contributed by atoms with van der Waals surface area (Å²) in [7, 11) is 1.60. The van der Waals surface area contributed by atoms with Gasteiger partial charge in [-0.3, -0.25) is 4.79 Å². The highest BCUT2D eigenvalue weighted by Gasteiger charge is 2.04. The van der Waals surface area contributed by atoms with Crippen molar-refractivity contribution in [3.05, 3.63) is 65.7 Å². The SMILES string of the molecule is COCCNC(=O)CNC(=NCc1ccc(C)cc1)Nc1ccccc1.I. The number of rotatable bonds is 8. The lowest BCUT2D eigenvalue weighted by molar-refractivity contribution is -0.120. The highest BCUT2D eigenvalue weighted by Crippen LogP contribution is 2.07. The van der Waals surface area contributed by atoms with Gasteiger partial charge in [-0.1, -0.05) is 48.0 Å². The van der Waals surface area contributed by atoms with Crippen LogP contribution < -0.4 is 16.0 Å². The summed E-state index contributed by atoms with van der Waals surface area (Å²) in [5.74, 6) is 0.443. The van der Waals surface area contributed by atoms with Crippen molar-refractivity contribution in [2.75, 3.05) is 32.1 Å². The van der Waals surface area contributed by atoms with Crippen LogP contribution in [0.4, 0.5) is 5.69 Å². The number of guanidine groups is 1. The Kier molecular flexibility index (Phi) is 11.1. The van der Waals surface area contributed by atoms with Crippen molar-refractivity contribution in [1.82, 2.24) is 10.6 Å². The number of hydrogen-bond acceptors (Lipinski definition) is 3. The molecule has 3 N–H and O–H groups in total. The number of anilines is 1. The van der Waals surface area contributed by atoms with Crippen molar-refractivity contribution in [1.29, 1.82) is 0 Å². The number of aryl methyl sites for hydroxylation is 1. The molecule has 2 aromatic rings. The van der Waals surface area contributed by atoms with Crippen LogP contribution in [0.5, 0.6) is 0 Å². The third kappa shape index (κ3) is 9.39. The average molecular weight is 482 g/mol. The Hall–Kier alpha value is -2.13. The van der Waals surface area contributed by atoms with Crippen LogP contribution in [0.15, 0.2) is 59.6 Å². The number of carbonyl (C=O) groups is 1. The van der Waals surface area contributed by atoms with E-state index in [2.05, 4.69) is 52.1 Å². The molecule has 0 fully saturated rings. The monoisotopic (exact) mass is 482 g/mol. The minimum Gasteiger partial charge on any atom is -0.383 e. The van der Waals surface area contributed by atoms with Gasteiger partial charge in [0.2, 0.25) is 5.91 Å². The van der Waals surface area contributed by atoms with Crippen molar-refractivity contribution in [2.45, 2.75) is 13.5 Å². The Morgan fingerprint density at radius 1 is 1.04 bits per heavy atom. The fraction of sp³-hybridized carbons (Fsp3) is 0.300. The normalized spacial score (nSPS) is 10.7. The molecule has 0 saturated heterocycles. The molecule has 0 aliphatic rings. The lowest BCUT2D eigenvalue weighted by Gasteiger charge is -2.13. The Balaban J connectivity index is 0.00000364. The number of methoxy groups -OCH3 is 1. The first kappa shape index (κ1) is 22.9. The molecule has 6 nitrogen and oxygen atoms in total. The number of nitrogens with one attached hydrogen (secondary N) is 3. The second kappa shape index (κ2) is 13.1.